The Balaban J connectivity index is 3.17. The minimum absolute atomic E-state index is 0.213. The number of nitrogens with one attached hydrogen (secondary N) is 1. The smallest absolute Gasteiger partial charge is 0.0354 e. The van der Waals surface area contributed by atoms with Crippen LogP contribution in [0.15, 0.2) is 18.2 Å². The zero-order valence-corrected chi connectivity index (χ0v) is 15.1. The van der Waals surface area contributed by atoms with Crippen LogP contribution in [0.4, 0.5) is 0 Å². The lowest BCUT2D eigenvalue weighted by atomic mass is 9.79. The van der Waals surface area contributed by atoms with Gasteiger partial charge in [-0.25, -0.2) is 0 Å². The molecule has 1 atom stereocenters. The van der Waals surface area contributed by atoms with Crippen LogP contribution in [0, 0.1) is 13.8 Å². The molecule has 2 heteroatoms. The first-order chi connectivity index (χ1) is 9.92. The number of benzene rings is 1. The van der Waals surface area contributed by atoms with Crippen molar-refractivity contribution in [2.24, 2.45) is 0 Å². The molecule has 0 saturated heterocycles. The van der Waals surface area contributed by atoms with E-state index in [4.69, 9.17) is 0 Å². The molecule has 0 spiro atoms. The van der Waals surface area contributed by atoms with Crippen LogP contribution in [0.25, 0.3) is 0 Å². The third-order valence-corrected chi connectivity index (χ3v) is 5.27. The number of likely N-dealkylation sites (N-methyl/N-ethyl adjacent to an activating group) is 2. The van der Waals surface area contributed by atoms with Crippen molar-refractivity contribution in [1.82, 2.24) is 10.2 Å². The van der Waals surface area contributed by atoms with Gasteiger partial charge in [0.1, 0.15) is 0 Å². The fraction of sp³-hybridized carbons (Fsp3) is 0.684. The van der Waals surface area contributed by atoms with Crippen molar-refractivity contribution < 1.29 is 0 Å². The van der Waals surface area contributed by atoms with E-state index in [9.17, 15) is 0 Å². The molecule has 1 aromatic rings. The van der Waals surface area contributed by atoms with Crippen LogP contribution in [0.3, 0.4) is 0 Å². The standard InChI is InChI=1S/C19H34N2/c1-8-19(9-2,21(6)7)18(20-10-3)14-17-15(4)12-11-13-16(17)5/h11-13,18,20H,8-10,14H2,1-7H3. The predicted molar refractivity (Wildman–Crippen MR) is 94.1 cm³/mol. The molecule has 120 valence electrons. The topological polar surface area (TPSA) is 15.3 Å². The third kappa shape index (κ3) is 3.87. The molecule has 2 nitrogen and oxygen atoms in total. The maximum Gasteiger partial charge on any atom is 0.0354 e. The van der Waals surface area contributed by atoms with Crippen molar-refractivity contribution in [1.29, 1.82) is 0 Å². The molecule has 0 radical (unpaired) electrons. The van der Waals surface area contributed by atoms with E-state index in [0.29, 0.717) is 6.04 Å². The second-order valence-electron chi connectivity index (χ2n) is 6.39. The van der Waals surface area contributed by atoms with Crippen LogP contribution in [-0.2, 0) is 6.42 Å². The van der Waals surface area contributed by atoms with Crippen LogP contribution >= 0.6 is 0 Å². The number of rotatable bonds is 8. The van der Waals surface area contributed by atoms with Crippen molar-refractivity contribution in [2.45, 2.75) is 65.5 Å². The monoisotopic (exact) mass is 290 g/mol. The van der Waals surface area contributed by atoms with E-state index >= 15 is 0 Å². The van der Waals surface area contributed by atoms with Crippen molar-refractivity contribution in [3.8, 4) is 0 Å². The van der Waals surface area contributed by atoms with E-state index in [-0.39, 0.29) is 5.54 Å². The number of hydrogen-bond acceptors (Lipinski definition) is 2. The molecule has 0 saturated carbocycles. The minimum atomic E-state index is 0.213. The SMILES string of the molecule is CCNC(Cc1c(C)cccc1C)C(CC)(CC)N(C)C. The lowest BCUT2D eigenvalue weighted by molar-refractivity contribution is 0.0888. The number of aryl methyl sites for hydroxylation is 2. The van der Waals surface area contributed by atoms with Crippen LogP contribution in [0.2, 0.25) is 0 Å². The molecule has 1 unspecified atom stereocenters. The minimum Gasteiger partial charge on any atom is -0.312 e. The average molecular weight is 290 g/mol. The molecule has 0 aromatic heterocycles. The van der Waals surface area contributed by atoms with Crippen molar-refractivity contribution in [3.05, 3.63) is 34.9 Å². The lowest BCUT2D eigenvalue weighted by Gasteiger charge is -2.46. The average Bonchev–Trinajstić information content (AvgIpc) is 2.44. The molecule has 0 amide bonds. The van der Waals surface area contributed by atoms with Crippen LogP contribution in [0.1, 0.15) is 50.3 Å². The molecule has 1 rings (SSSR count). The summed E-state index contributed by atoms with van der Waals surface area (Å²) in [5.41, 5.74) is 4.55. The molecule has 1 N–H and O–H groups in total. The van der Waals surface area contributed by atoms with Gasteiger partial charge in [0, 0.05) is 11.6 Å². The highest BCUT2D eigenvalue weighted by molar-refractivity contribution is 5.34. The summed E-state index contributed by atoms with van der Waals surface area (Å²) in [7, 11) is 4.45. The van der Waals surface area contributed by atoms with Gasteiger partial charge in [0.15, 0.2) is 0 Å². The quantitative estimate of drug-likeness (QED) is 0.780. The molecule has 0 aliphatic rings. The first kappa shape index (κ1) is 18.2. The maximum atomic E-state index is 3.77. The molecule has 0 heterocycles. The maximum absolute atomic E-state index is 3.77. The third-order valence-electron chi connectivity index (χ3n) is 5.27. The largest absolute Gasteiger partial charge is 0.312 e. The number of nitrogens with zero attached hydrogens (tertiary/aromatic N) is 1. The predicted octanol–water partition coefficient (Wildman–Crippen LogP) is 3.94. The second-order valence-corrected chi connectivity index (χ2v) is 6.39. The lowest BCUT2D eigenvalue weighted by Crippen LogP contribution is -2.59. The normalized spacial score (nSPS) is 13.7. The van der Waals surface area contributed by atoms with Gasteiger partial charge in [0.2, 0.25) is 0 Å². The summed E-state index contributed by atoms with van der Waals surface area (Å²) in [6.45, 7) is 12.3. The van der Waals surface area contributed by atoms with Gasteiger partial charge in [-0.2, -0.15) is 0 Å². The Morgan fingerprint density at radius 2 is 1.57 bits per heavy atom. The van der Waals surface area contributed by atoms with E-state index in [1.54, 1.807) is 0 Å². The summed E-state index contributed by atoms with van der Waals surface area (Å²) in [4.78, 5) is 2.42. The van der Waals surface area contributed by atoms with Gasteiger partial charge in [-0.05, 0) is 70.4 Å². The summed E-state index contributed by atoms with van der Waals surface area (Å²) in [6, 6.07) is 7.11. The Labute approximate surface area is 131 Å². The number of hydrogen-bond donors (Lipinski definition) is 1. The zero-order valence-electron chi connectivity index (χ0n) is 15.1. The van der Waals surface area contributed by atoms with Gasteiger partial charge in [0.25, 0.3) is 0 Å². The van der Waals surface area contributed by atoms with Gasteiger partial charge in [-0.1, -0.05) is 39.0 Å². The fourth-order valence-corrected chi connectivity index (χ4v) is 3.76. The van der Waals surface area contributed by atoms with Crippen LogP contribution in [-0.4, -0.2) is 37.1 Å². The summed E-state index contributed by atoms with van der Waals surface area (Å²) < 4.78 is 0. The van der Waals surface area contributed by atoms with E-state index in [2.05, 4.69) is 77.1 Å². The summed E-state index contributed by atoms with van der Waals surface area (Å²) >= 11 is 0. The van der Waals surface area contributed by atoms with E-state index < -0.39 is 0 Å². The molecule has 21 heavy (non-hydrogen) atoms. The Bertz CT molecular complexity index is 413. The molecular weight excluding hydrogens is 256 g/mol. The Kier molecular flexibility index (Phi) is 6.89. The zero-order chi connectivity index (χ0) is 16.0. The van der Waals surface area contributed by atoms with Crippen molar-refractivity contribution in [2.75, 3.05) is 20.6 Å². The first-order valence-electron chi connectivity index (χ1n) is 8.38. The summed E-state index contributed by atoms with van der Waals surface area (Å²) in [5.74, 6) is 0. The summed E-state index contributed by atoms with van der Waals surface area (Å²) in [5, 5.41) is 3.77. The molecule has 0 fully saturated rings. The van der Waals surface area contributed by atoms with Gasteiger partial charge in [0.05, 0.1) is 0 Å². The molecular formula is C19H34N2. The molecule has 0 aliphatic carbocycles. The fourth-order valence-electron chi connectivity index (χ4n) is 3.76. The van der Waals surface area contributed by atoms with Crippen molar-refractivity contribution in [3.63, 3.8) is 0 Å². The van der Waals surface area contributed by atoms with Crippen molar-refractivity contribution >= 4 is 0 Å². The molecule has 0 bridgehead atoms. The Morgan fingerprint density at radius 3 is 1.95 bits per heavy atom. The van der Waals surface area contributed by atoms with Gasteiger partial charge in [-0.15, -0.1) is 0 Å². The van der Waals surface area contributed by atoms with E-state index in [1.165, 1.54) is 29.5 Å². The van der Waals surface area contributed by atoms with E-state index in [0.717, 1.165) is 13.0 Å². The highest BCUT2D eigenvalue weighted by atomic mass is 15.2. The second kappa shape index (κ2) is 7.95. The summed E-state index contributed by atoms with van der Waals surface area (Å²) in [6.07, 6.45) is 3.43. The molecule has 0 aliphatic heterocycles. The van der Waals surface area contributed by atoms with Gasteiger partial charge in [-0.3, -0.25) is 0 Å². The Hall–Kier alpha value is -0.860. The van der Waals surface area contributed by atoms with Crippen LogP contribution in [0.5, 0.6) is 0 Å². The van der Waals surface area contributed by atoms with Crippen LogP contribution < -0.4 is 5.32 Å². The molecule has 1 aromatic carbocycles. The highest BCUT2D eigenvalue weighted by Crippen LogP contribution is 2.29. The van der Waals surface area contributed by atoms with Gasteiger partial charge >= 0.3 is 0 Å². The Morgan fingerprint density at radius 1 is 1.05 bits per heavy atom. The first-order valence-corrected chi connectivity index (χ1v) is 8.38. The van der Waals surface area contributed by atoms with E-state index in [1.807, 2.05) is 0 Å². The highest BCUT2D eigenvalue weighted by Gasteiger charge is 2.37. The van der Waals surface area contributed by atoms with Gasteiger partial charge < -0.3 is 10.2 Å².